The van der Waals surface area contributed by atoms with Crippen molar-refractivity contribution in [2.24, 2.45) is 5.92 Å². The van der Waals surface area contributed by atoms with Crippen LogP contribution in [0.25, 0.3) is 0 Å². The molecule has 0 bridgehead atoms. The summed E-state index contributed by atoms with van der Waals surface area (Å²) in [6.07, 6.45) is 0.908. The first kappa shape index (κ1) is 9.68. The Balaban J connectivity index is 2.70. The Morgan fingerprint density at radius 2 is 2.00 bits per heavy atom. The van der Waals surface area contributed by atoms with Gasteiger partial charge >= 0.3 is 0 Å². The van der Waals surface area contributed by atoms with E-state index in [4.69, 9.17) is 9.47 Å². The highest BCUT2D eigenvalue weighted by Gasteiger charge is 2.45. The van der Waals surface area contributed by atoms with Gasteiger partial charge in [0.1, 0.15) is 11.9 Å². The summed E-state index contributed by atoms with van der Waals surface area (Å²) in [6, 6.07) is 0. The van der Waals surface area contributed by atoms with Crippen LogP contribution in [0.2, 0.25) is 0 Å². The van der Waals surface area contributed by atoms with Gasteiger partial charge in [-0.1, -0.05) is 6.92 Å². The van der Waals surface area contributed by atoms with E-state index < -0.39 is 11.4 Å². The second-order valence-corrected chi connectivity index (χ2v) is 4.03. The standard InChI is InChI=1S/C9H16O3/c1-7(5-10)9(4)6-11-8(2,3)12-9/h5,7H,6H2,1-4H3/t7-,9+/m0/s1. The van der Waals surface area contributed by atoms with Crippen molar-refractivity contribution in [2.75, 3.05) is 6.61 Å². The number of hydrogen-bond donors (Lipinski definition) is 0. The SMILES string of the molecule is C[C@@H](C=O)[C@@]1(C)COC(C)(C)O1. The molecule has 1 fully saturated rings. The van der Waals surface area contributed by atoms with Crippen molar-refractivity contribution in [3.05, 3.63) is 0 Å². The molecule has 0 amide bonds. The summed E-state index contributed by atoms with van der Waals surface area (Å²) in [7, 11) is 0. The van der Waals surface area contributed by atoms with Crippen LogP contribution in [0.3, 0.4) is 0 Å². The van der Waals surface area contributed by atoms with E-state index in [0.29, 0.717) is 6.61 Å². The lowest BCUT2D eigenvalue weighted by Gasteiger charge is -2.27. The molecule has 0 aromatic heterocycles. The van der Waals surface area contributed by atoms with Crippen molar-refractivity contribution < 1.29 is 14.3 Å². The Labute approximate surface area is 73.0 Å². The Morgan fingerprint density at radius 3 is 2.33 bits per heavy atom. The minimum Gasteiger partial charge on any atom is -0.347 e. The Bertz CT molecular complexity index is 188. The summed E-state index contributed by atoms with van der Waals surface area (Å²) in [5, 5.41) is 0. The maximum Gasteiger partial charge on any atom is 0.163 e. The smallest absolute Gasteiger partial charge is 0.163 e. The molecule has 1 aliphatic rings. The highest BCUT2D eigenvalue weighted by atomic mass is 16.8. The molecule has 0 aromatic rings. The van der Waals surface area contributed by atoms with Crippen LogP contribution >= 0.6 is 0 Å². The van der Waals surface area contributed by atoms with Crippen molar-refractivity contribution in [3.63, 3.8) is 0 Å². The van der Waals surface area contributed by atoms with Gasteiger partial charge in [0, 0.05) is 5.92 Å². The fourth-order valence-corrected chi connectivity index (χ4v) is 1.31. The molecule has 0 radical (unpaired) electrons. The fourth-order valence-electron chi connectivity index (χ4n) is 1.31. The largest absolute Gasteiger partial charge is 0.347 e. The van der Waals surface area contributed by atoms with Crippen molar-refractivity contribution >= 4 is 6.29 Å². The van der Waals surface area contributed by atoms with Gasteiger partial charge in [-0.05, 0) is 20.8 Å². The molecule has 0 aliphatic carbocycles. The van der Waals surface area contributed by atoms with E-state index >= 15 is 0 Å². The van der Waals surface area contributed by atoms with Crippen LogP contribution in [-0.2, 0) is 14.3 Å². The van der Waals surface area contributed by atoms with E-state index in [9.17, 15) is 4.79 Å². The quantitative estimate of drug-likeness (QED) is 0.590. The third-order valence-corrected chi connectivity index (χ3v) is 2.35. The predicted octanol–water partition coefficient (Wildman–Crippen LogP) is 1.36. The van der Waals surface area contributed by atoms with Crippen LogP contribution in [0.1, 0.15) is 27.7 Å². The molecule has 0 saturated carbocycles. The van der Waals surface area contributed by atoms with Crippen LogP contribution in [0, 0.1) is 5.92 Å². The molecular formula is C9H16O3. The zero-order valence-electron chi connectivity index (χ0n) is 8.09. The second-order valence-electron chi connectivity index (χ2n) is 4.03. The molecule has 1 aliphatic heterocycles. The predicted molar refractivity (Wildman–Crippen MR) is 44.7 cm³/mol. The fraction of sp³-hybridized carbons (Fsp3) is 0.889. The zero-order chi connectivity index (χ0) is 9.41. The molecule has 3 nitrogen and oxygen atoms in total. The zero-order valence-corrected chi connectivity index (χ0v) is 8.09. The second kappa shape index (κ2) is 2.82. The first-order valence-corrected chi connectivity index (χ1v) is 4.19. The van der Waals surface area contributed by atoms with Crippen LogP contribution in [-0.4, -0.2) is 24.3 Å². The number of aldehydes is 1. The Morgan fingerprint density at radius 1 is 1.42 bits per heavy atom. The van der Waals surface area contributed by atoms with Gasteiger partial charge in [0.25, 0.3) is 0 Å². The first-order chi connectivity index (χ1) is 5.40. The highest BCUT2D eigenvalue weighted by Crippen LogP contribution is 2.34. The van der Waals surface area contributed by atoms with Crippen molar-refractivity contribution in [1.82, 2.24) is 0 Å². The summed E-state index contributed by atoms with van der Waals surface area (Å²) < 4.78 is 11.0. The topological polar surface area (TPSA) is 35.5 Å². The minimum atomic E-state index is -0.550. The van der Waals surface area contributed by atoms with Gasteiger partial charge in [-0.2, -0.15) is 0 Å². The van der Waals surface area contributed by atoms with Crippen molar-refractivity contribution in [2.45, 2.75) is 39.1 Å². The average molecular weight is 172 g/mol. The molecule has 0 aromatic carbocycles. The molecule has 0 spiro atoms. The summed E-state index contributed by atoms with van der Waals surface area (Å²) in [5.41, 5.74) is -0.453. The molecule has 0 unspecified atom stereocenters. The first-order valence-electron chi connectivity index (χ1n) is 4.19. The molecule has 0 N–H and O–H groups in total. The maximum atomic E-state index is 10.6. The molecule has 1 heterocycles. The molecule has 12 heavy (non-hydrogen) atoms. The molecule has 70 valence electrons. The monoisotopic (exact) mass is 172 g/mol. The number of carbonyl (C=O) groups is 1. The lowest BCUT2D eigenvalue weighted by molar-refractivity contribution is -0.167. The molecular weight excluding hydrogens is 156 g/mol. The van der Waals surface area contributed by atoms with E-state index in [-0.39, 0.29) is 5.92 Å². The van der Waals surface area contributed by atoms with Gasteiger partial charge in [-0.25, -0.2) is 0 Å². The number of rotatable bonds is 2. The average Bonchev–Trinajstić information content (AvgIpc) is 2.25. The van der Waals surface area contributed by atoms with Crippen LogP contribution in [0.4, 0.5) is 0 Å². The van der Waals surface area contributed by atoms with Gasteiger partial charge in [0.2, 0.25) is 0 Å². The summed E-state index contributed by atoms with van der Waals surface area (Å²) in [6.45, 7) is 7.95. The summed E-state index contributed by atoms with van der Waals surface area (Å²) in [5.74, 6) is -0.675. The third-order valence-electron chi connectivity index (χ3n) is 2.35. The number of ether oxygens (including phenoxy) is 2. The van der Waals surface area contributed by atoms with Gasteiger partial charge in [0.05, 0.1) is 6.61 Å². The number of carbonyl (C=O) groups excluding carboxylic acids is 1. The van der Waals surface area contributed by atoms with Gasteiger partial charge in [-0.3, -0.25) is 0 Å². The van der Waals surface area contributed by atoms with Crippen LogP contribution in [0.5, 0.6) is 0 Å². The lowest BCUT2D eigenvalue weighted by Crippen LogP contribution is -2.38. The molecule has 1 rings (SSSR count). The number of hydrogen-bond acceptors (Lipinski definition) is 3. The van der Waals surface area contributed by atoms with E-state index in [1.54, 1.807) is 0 Å². The van der Waals surface area contributed by atoms with Gasteiger partial charge in [0.15, 0.2) is 5.79 Å². The van der Waals surface area contributed by atoms with Gasteiger partial charge in [-0.15, -0.1) is 0 Å². The molecule has 1 saturated heterocycles. The van der Waals surface area contributed by atoms with E-state index in [2.05, 4.69) is 0 Å². The van der Waals surface area contributed by atoms with E-state index in [1.165, 1.54) is 0 Å². The maximum absolute atomic E-state index is 10.6. The van der Waals surface area contributed by atoms with Gasteiger partial charge < -0.3 is 14.3 Å². The normalized spacial score (nSPS) is 36.3. The lowest BCUT2D eigenvalue weighted by atomic mass is 9.93. The van der Waals surface area contributed by atoms with Crippen LogP contribution < -0.4 is 0 Å². The molecule has 2 atom stereocenters. The van der Waals surface area contributed by atoms with Crippen molar-refractivity contribution in [3.8, 4) is 0 Å². The highest BCUT2D eigenvalue weighted by molar-refractivity contribution is 5.55. The Hall–Kier alpha value is -0.410. The Kier molecular flexibility index (Phi) is 2.27. The van der Waals surface area contributed by atoms with E-state index in [0.717, 1.165) is 6.29 Å². The minimum absolute atomic E-state index is 0.126. The summed E-state index contributed by atoms with van der Waals surface area (Å²) >= 11 is 0. The van der Waals surface area contributed by atoms with E-state index in [1.807, 2.05) is 27.7 Å². The third kappa shape index (κ3) is 1.67. The summed E-state index contributed by atoms with van der Waals surface area (Å²) in [4.78, 5) is 10.6. The van der Waals surface area contributed by atoms with Crippen LogP contribution in [0.15, 0.2) is 0 Å². The van der Waals surface area contributed by atoms with Crippen molar-refractivity contribution in [1.29, 1.82) is 0 Å². The molecule has 3 heteroatoms.